The number of thioether (sulfide) groups is 1. The van der Waals surface area contributed by atoms with Gasteiger partial charge in [-0.3, -0.25) is 0 Å². The van der Waals surface area contributed by atoms with Crippen molar-refractivity contribution < 1.29 is 4.74 Å². The molecular formula is C14H16ClN3OS. The lowest BCUT2D eigenvalue weighted by atomic mass is 10.3. The summed E-state index contributed by atoms with van der Waals surface area (Å²) < 4.78 is 5.31. The topological polar surface area (TPSA) is 47.0 Å². The normalized spacial score (nSPS) is 10.6. The zero-order chi connectivity index (χ0) is 14.4. The molecule has 1 heterocycles. The Morgan fingerprint density at radius 2 is 2.10 bits per heavy atom. The van der Waals surface area contributed by atoms with Gasteiger partial charge in [-0.05, 0) is 25.3 Å². The van der Waals surface area contributed by atoms with Crippen LogP contribution in [0.3, 0.4) is 0 Å². The molecule has 0 saturated carbocycles. The van der Waals surface area contributed by atoms with E-state index in [1.807, 2.05) is 31.4 Å². The summed E-state index contributed by atoms with van der Waals surface area (Å²) >= 11 is 7.69. The summed E-state index contributed by atoms with van der Waals surface area (Å²) in [5, 5.41) is 3.67. The summed E-state index contributed by atoms with van der Waals surface area (Å²) in [5.41, 5.74) is 0.997. The highest BCUT2D eigenvalue weighted by molar-refractivity contribution is 7.98. The Balaban J connectivity index is 2.22. The fourth-order valence-electron chi connectivity index (χ4n) is 1.67. The average Bonchev–Trinajstić information content (AvgIpc) is 2.45. The number of halogens is 1. The van der Waals surface area contributed by atoms with Crippen LogP contribution >= 0.6 is 23.4 Å². The number of benzene rings is 1. The van der Waals surface area contributed by atoms with Crippen molar-refractivity contribution in [3.05, 3.63) is 41.3 Å². The minimum atomic E-state index is 0.357. The van der Waals surface area contributed by atoms with Crippen LogP contribution in [0.15, 0.2) is 35.2 Å². The van der Waals surface area contributed by atoms with Gasteiger partial charge < -0.3 is 10.1 Å². The SMILES string of the molecule is CCOCc1nc(Cl)cc(Nc2ccccc2SC)n1. The van der Waals surface area contributed by atoms with E-state index < -0.39 is 0 Å². The molecular weight excluding hydrogens is 294 g/mol. The molecule has 0 unspecified atom stereocenters. The Hall–Kier alpha value is -1.30. The van der Waals surface area contributed by atoms with Crippen molar-refractivity contribution in [1.29, 1.82) is 0 Å². The van der Waals surface area contributed by atoms with Crippen LogP contribution in [0, 0.1) is 0 Å². The first-order valence-corrected chi connectivity index (χ1v) is 7.84. The average molecular weight is 310 g/mol. The number of hydrogen-bond donors (Lipinski definition) is 1. The predicted octanol–water partition coefficient (Wildman–Crippen LogP) is 4.13. The first-order valence-electron chi connectivity index (χ1n) is 6.24. The summed E-state index contributed by atoms with van der Waals surface area (Å²) in [7, 11) is 0. The van der Waals surface area contributed by atoms with E-state index in [1.165, 1.54) is 0 Å². The third kappa shape index (κ3) is 4.10. The van der Waals surface area contributed by atoms with Crippen molar-refractivity contribution in [2.24, 2.45) is 0 Å². The fourth-order valence-corrected chi connectivity index (χ4v) is 2.43. The fraction of sp³-hybridized carbons (Fsp3) is 0.286. The maximum Gasteiger partial charge on any atom is 0.158 e. The summed E-state index contributed by atoms with van der Waals surface area (Å²) in [6.07, 6.45) is 2.04. The van der Waals surface area contributed by atoms with Crippen LogP contribution in [-0.4, -0.2) is 22.8 Å². The zero-order valence-electron chi connectivity index (χ0n) is 11.4. The van der Waals surface area contributed by atoms with E-state index in [1.54, 1.807) is 17.8 Å². The minimum absolute atomic E-state index is 0.357. The van der Waals surface area contributed by atoms with Gasteiger partial charge in [0.15, 0.2) is 5.82 Å². The summed E-state index contributed by atoms with van der Waals surface area (Å²) in [6, 6.07) is 9.74. The van der Waals surface area contributed by atoms with Crippen LogP contribution in [0.5, 0.6) is 0 Å². The van der Waals surface area contributed by atoms with Gasteiger partial charge in [0.2, 0.25) is 0 Å². The molecule has 1 N–H and O–H groups in total. The second-order valence-electron chi connectivity index (χ2n) is 3.95. The number of nitrogens with one attached hydrogen (secondary N) is 1. The molecule has 1 aromatic heterocycles. The summed E-state index contributed by atoms with van der Waals surface area (Å²) in [4.78, 5) is 9.69. The molecule has 0 saturated heterocycles. The first-order chi connectivity index (χ1) is 9.72. The molecule has 0 aliphatic heterocycles. The molecule has 6 heteroatoms. The van der Waals surface area contributed by atoms with Crippen LogP contribution in [0.2, 0.25) is 5.15 Å². The minimum Gasteiger partial charge on any atom is -0.374 e. The third-order valence-electron chi connectivity index (χ3n) is 2.55. The number of aromatic nitrogens is 2. The van der Waals surface area contributed by atoms with Gasteiger partial charge in [0.1, 0.15) is 17.6 Å². The van der Waals surface area contributed by atoms with E-state index in [0.29, 0.717) is 30.0 Å². The highest BCUT2D eigenvalue weighted by Crippen LogP contribution is 2.27. The zero-order valence-corrected chi connectivity index (χ0v) is 13.0. The van der Waals surface area contributed by atoms with Crippen LogP contribution < -0.4 is 5.32 Å². The van der Waals surface area contributed by atoms with E-state index in [2.05, 4.69) is 21.4 Å². The Kier molecular flexibility index (Phi) is 5.64. The third-order valence-corrected chi connectivity index (χ3v) is 3.54. The van der Waals surface area contributed by atoms with Gasteiger partial charge in [0, 0.05) is 17.6 Å². The lowest BCUT2D eigenvalue weighted by Crippen LogP contribution is -2.03. The number of para-hydroxylation sites is 1. The Morgan fingerprint density at radius 3 is 2.85 bits per heavy atom. The van der Waals surface area contributed by atoms with Crippen molar-refractivity contribution in [3.8, 4) is 0 Å². The van der Waals surface area contributed by atoms with E-state index >= 15 is 0 Å². The van der Waals surface area contributed by atoms with Crippen LogP contribution in [0.4, 0.5) is 11.5 Å². The van der Waals surface area contributed by atoms with Crippen molar-refractivity contribution in [2.45, 2.75) is 18.4 Å². The van der Waals surface area contributed by atoms with Crippen LogP contribution in [0.1, 0.15) is 12.7 Å². The molecule has 1 aromatic carbocycles. The second kappa shape index (κ2) is 7.47. The molecule has 4 nitrogen and oxygen atoms in total. The Labute approximate surface area is 127 Å². The molecule has 0 bridgehead atoms. The Morgan fingerprint density at radius 1 is 1.30 bits per heavy atom. The molecule has 0 amide bonds. The maximum absolute atomic E-state index is 6.02. The van der Waals surface area contributed by atoms with Gasteiger partial charge in [0.25, 0.3) is 0 Å². The standard InChI is InChI=1S/C14H16ClN3OS/c1-3-19-9-14-17-12(15)8-13(18-14)16-10-6-4-5-7-11(10)20-2/h4-8H,3,9H2,1-2H3,(H,16,17,18). The first kappa shape index (κ1) is 15.1. The highest BCUT2D eigenvalue weighted by atomic mass is 35.5. The van der Waals surface area contributed by atoms with E-state index in [-0.39, 0.29) is 0 Å². The van der Waals surface area contributed by atoms with Crippen LogP contribution in [-0.2, 0) is 11.3 Å². The van der Waals surface area contributed by atoms with Crippen molar-refractivity contribution in [1.82, 2.24) is 9.97 Å². The van der Waals surface area contributed by atoms with Crippen LogP contribution in [0.25, 0.3) is 0 Å². The van der Waals surface area contributed by atoms with E-state index in [4.69, 9.17) is 16.3 Å². The molecule has 106 valence electrons. The highest BCUT2D eigenvalue weighted by Gasteiger charge is 2.06. The predicted molar refractivity (Wildman–Crippen MR) is 83.9 cm³/mol. The van der Waals surface area contributed by atoms with Gasteiger partial charge in [-0.25, -0.2) is 9.97 Å². The van der Waals surface area contributed by atoms with Crippen molar-refractivity contribution in [2.75, 3.05) is 18.2 Å². The molecule has 20 heavy (non-hydrogen) atoms. The lowest BCUT2D eigenvalue weighted by molar-refractivity contribution is 0.128. The molecule has 0 spiro atoms. The van der Waals surface area contributed by atoms with Gasteiger partial charge in [-0.1, -0.05) is 23.7 Å². The molecule has 0 fully saturated rings. The molecule has 0 aliphatic rings. The van der Waals surface area contributed by atoms with Gasteiger partial charge in [-0.2, -0.15) is 0 Å². The number of anilines is 2. The smallest absolute Gasteiger partial charge is 0.158 e. The Bertz CT molecular complexity index is 580. The van der Waals surface area contributed by atoms with Crippen molar-refractivity contribution in [3.63, 3.8) is 0 Å². The second-order valence-corrected chi connectivity index (χ2v) is 5.19. The molecule has 0 aliphatic carbocycles. The number of rotatable bonds is 6. The molecule has 0 atom stereocenters. The lowest BCUT2D eigenvalue weighted by Gasteiger charge is -2.11. The molecule has 0 radical (unpaired) electrons. The summed E-state index contributed by atoms with van der Waals surface area (Å²) in [6.45, 7) is 2.91. The molecule has 2 rings (SSSR count). The summed E-state index contributed by atoms with van der Waals surface area (Å²) in [5.74, 6) is 1.24. The largest absolute Gasteiger partial charge is 0.374 e. The number of hydrogen-bond acceptors (Lipinski definition) is 5. The van der Waals surface area contributed by atoms with Crippen molar-refractivity contribution >= 4 is 34.9 Å². The monoisotopic (exact) mass is 309 g/mol. The maximum atomic E-state index is 6.02. The molecule has 2 aromatic rings. The quantitative estimate of drug-likeness (QED) is 0.642. The van der Waals surface area contributed by atoms with Gasteiger partial charge in [0.05, 0.1) is 5.69 Å². The van der Waals surface area contributed by atoms with E-state index in [0.717, 1.165) is 10.6 Å². The number of nitrogens with zero attached hydrogens (tertiary/aromatic N) is 2. The van der Waals surface area contributed by atoms with Gasteiger partial charge in [-0.15, -0.1) is 11.8 Å². The number of ether oxygens (including phenoxy) is 1. The van der Waals surface area contributed by atoms with Gasteiger partial charge >= 0.3 is 0 Å². The van der Waals surface area contributed by atoms with E-state index in [9.17, 15) is 0 Å².